The lowest BCUT2D eigenvalue weighted by Crippen LogP contribution is -2.47. The van der Waals surface area contributed by atoms with Crippen molar-refractivity contribution in [3.8, 4) is 5.75 Å². The molecule has 0 unspecified atom stereocenters. The molecular weight excluding hydrogens is 418 g/mol. The number of nitro benzene ring substituents is 1. The Balaban J connectivity index is 2.36. The van der Waals surface area contributed by atoms with Crippen LogP contribution in [0.25, 0.3) is 6.08 Å². The van der Waals surface area contributed by atoms with E-state index in [-0.39, 0.29) is 16.9 Å². The van der Waals surface area contributed by atoms with Gasteiger partial charge in [0.25, 0.3) is 17.5 Å². The van der Waals surface area contributed by atoms with Crippen LogP contribution in [0, 0.1) is 16.0 Å². The SMILES string of the molecule is COc1ccc(C(=O)N/C(=C\c2ccc([N+](=O)[O-])cc2)C(=O)N[C@H](C(=O)O)C(C)C)cc1. The van der Waals surface area contributed by atoms with Crippen molar-refractivity contribution in [2.45, 2.75) is 19.9 Å². The number of carboxylic acid groups (broad SMARTS) is 1. The van der Waals surface area contributed by atoms with E-state index in [1.165, 1.54) is 49.6 Å². The Hall–Kier alpha value is -4.21. The lowest BCUT2D eigenvalue weighted by atomic mass is 10.0. The summed E-state index contributed by atoms with van der Waals surface area (Å²) in [5.74, 6) is -2.50. The van der Waals surface area contributed by atoms with Crippen LogP contribution in [-0.4, -0.2) is 41.0 Å². The molecule has 0 heterocycles. The molecule has 3 N–H and O–H groups in total. The molecule has 0 spiro atoms. The topological polar surface area (TPSA) is 148 Å². The molecule has 0 saturated carbocycles. The number of hydrogen-bond acceptors (Lipinski definition) is 6. The highest BCUT2D eigenvalue weighted by molar-refractivity contribution is 6.06. The average Bonchev–Trinajstić information content (AvgIpc) is 2.76. The summed E-state index contributed by atoms with van der Waals surface area (Å²) in [6.07, 6.45) is 1.31. The summed E-state index contributed by atoms with van der Waals surface area (Å²) in [5, 5.41) is 25.1. The van der Waals surface area contributed by atoms with Gasteiger partial charge in [-0.15, -0.1) is 0 Å². The molecule has 0 aliphatic rings. The fraction of sp³-hybridized carbons (Fsp3) is 0.227. The summed E-state index contributed by atoms with van der Waals surface area (Å²) < 4.78 is 5.05. The number of aliphatic carboxylic acids is 1. The molecule has 0 fully saturated rings. The fourth-order valence-corrected chi connectivity index (χ4v) is 2.69. The van der Waals surface area contributed by atoms with Crippen molar-refractivity contribution in [2.24, 2.45) is 5.92 Å². The molecule has 0 aromatic heterocycles. The van der Waals surface area contributed by atoms with E-state index in [9.17, 15) is 29.6 Å². The summed E-state index contributed by atoms with van der Waals surface area (Å²) >= 11 is 0. The van der Waals surface area contributed by atoms with Crippen LogP contribution < -0.4 is 15.4 Å². The predicted octanol–water partition coefficient (Wildman–Crippen LogP) is 2.60. The van der Waals surface area contributed by atoms with E-state index in [2.05, 4.69) is 10.6 Å². The molecule has 2 aromatic rings. The van der Waals surface area contributed by atoms with Crippen molar-refractivity contribution >= 4 is 29.5 Å². The molecule has 2 rings (SSSR count). The van der Waals surface area contributed by atoms with E-state index in [1.54, 1.807) is 26.0 Å². The number of rotatable bonds is 9. The molecule has 1 atom stereocenters. The second-order valence-electron chi connectivity index (χ2n) is 7.12. The summed E-state index contributed by atoms with van der Waals surface area (Å²) in [6.45, 7) is 3.27. The first-order chi connectivity index (χ1) is 15.1. The summed E-state index contributed by atoms with van der Waals surface area (Å²) in [7, 11) is 1.48. The van der Waals surface area contributed by atoms with E-state index >= 15 is 0 Å². The van der Waals surface area contributed by atoms with Gasteiger partial charge in [-0.2, -0.15) is 0 Å². The number of nitro groups is 1. The second-order valence-corrected chi connectivity index (χ2v) is 7.12. The van der Waals surface area contributed by atoms with Crippen molar-refractivity contribution in [1.82, 2.24) is 10.6 Å². The number of ether oxygens (including phenoxy) is 1. The normalized spacial score (nSPS) is 12.1. The smallest absolute Gasteiger partial charge is 0.326 e. The molecule has 32 heavy (non-hydrogen) atoms. The van der Waals surface area contributed by atoms with Gasteiger partial charge in [-0.25, -0.2) is 4.79 Å². The quantitative estimate of drug-likeness (QED) is 0.308. The van der Waals surface area contributed by atoms with Crippen molar-refractivity contribution in [2.75, 3.05) is 7.11 Å². The number of benzene rings is 2. The Morgan fingerprint density at radius 1 is 1.06 bits per heavy atom. The maximum atomic E-state index is 12.8. The first kappa shape index (κ1) is 24.1. The Kier molecular flexibility index (Phi) is 8.05. The Morgan fingerprint density at radius 3 is 2.12 bits per heavy atom. The van der Waals surface area contributed by atoms with E-state index in [4.69, 9.17) is 4.74 Å². The molecule has 10 heteroatoms. The number of amides is 2. The lowest BCUT2D eigenvalue weighted by Gasteiger charge is -2.19. The molecule has 10 nitrogen and oxygen atoms in total. The van der Waals surface area contributed by atoms with Crippen LogP contribution in [0.4, 0.5) is 5.69 Å². The van der Waals surface area contributed by atoms with E-state index in [0.717, 1.165) is 0 Å². The highest BCUT2D eigenvalue weighted by Gasteiger charge is 2.25. The van der Waals surface area contributed by atoms with Crippen LogP contribution in [0.15, 0.2) is 54.2 Å². The molecule has 168 valence electrons. The minimum absolute atomic E-state index is 0.138. The molecule has 2 aromatic carbocycles. The minimum atomic E-state index is -1.22. The third-order valence-corrected chi connectivity index (χ3v) is 4.48. The maximum Gasteiger partial charge on any atom is 0.326 e. The first-order valence-electron chi connectivity index (χ1n) is 9.57. The molecular formula is C22H23N3O7. The summed E-state index contributed by atoms with van der Waals surface area (Å²) in [6, 6.07) is 10.3. The zero-order valence-electron chi connectivity index (χ0n) is 17.7. The molecule has 0 aliphatic heterocycles. The van der Waals surface area contributed by atoms with Gasteiger partial charge in [0.15, 0.2) is 0 Å². The Bertz CT molecular complexity index is 1030. The largest absolute Gasteiger partial charge is 0.497 e. The Labute approximate surface area is 184 Å². The number of hydrogen-bond donors (Lipinski definition) is 3. The van der Waals surface area contributed by atoms with Gasteiger partial charge < -0.3 is 20.5 Å². The number of nitrogens with one attached hydrogen (secondary N) is 2. The highest BCUT2D eigenvalue weighted by atomic mass is 16.6. The average molecular weight is 441 g/mol. The van der Waals surface area contributed by atoms with Crippen LogP contribution >= 0.6 is 0 Å². The van der Waals surface area contributed by atoms with Gasteiger partial charge in [-0.1, -0.05) is 13.8 Å². The van der Waals surface area contributed by atoms with E-state index in [0.29, 0.717) is 11.3 Å². The summed E-state index contributed by atoms with van der Waals surface area (Å²) in [4.78, 5) is 47.2. The van der Waals surface area contributed by atoms with Crippen molar-refractivity contribution in [3.63, 3.8) is 0 Å². The second kappa shape index (κ2) is 10.7. The Morgan fingerprint density at radius 2 is 1.66 bits per heavy atom. The fourth-order valence-electron chi connectivity index (χ4n) is 2.69. The predicted molar refractivity (Wildman–Crippen MR) is 116 cm³/mol. The van der Waals surface area contributed by atoms with E-state index < -0.39 is 34.7 Å². The molecule has 0 saturated heterocycles. The molecule has 0 radical (unpaired) electrons. The van der Waals surface area contributed by atoms with Crippen molar-refractivity contribution < 1.29 is 29.2 Å². The van der Waals surface area contributed by atoms with Gasteiger partial charge in [-0.3, -0.25) is 19.7 Å². The third-order valence-electron chi connectivity index (χ3n) is 4.48. The number of non-ortho nitro benzene ring substituents is 1. The van der Waals surface area contributed by atoms with E-state index in [1.807, 2.05) is 0 Å². The molecule has 2 amide bonds. The molecule has 0 bridgehead atoms. The number of methoxy groups -OCH3 is 1. The monoisotopic (exact) mass is 441 g/mol. The van der Waals surface area contributed by atoms with Crippen LogP contribution in [0.5, 0.6) is 5.75 Å². The van der Waals surface area contributed by atoms with Crippen LogP contribution in [-0.2, 0) is 9.59 Å². The zero-order chi connectivity index (χ0) is 23.8. The van der Waals surface area contributed by atoms with Crippen LogP contribution in [0.2, 0.25) is 0 Å². The highest BCUT2D eigenvalue weighted by Crippen LogP contribution is 2.16. The van der Waals surface area contributed by atoms with Crippen LogP contribution in [0.1, 0.15) is 29.8 Å². The van der Waals surface area contributed by atoms with Crippen molar-refractivity contribution in [1.29, 1.82) is 0 Å². The first-order valence-corrected chi connectivity index (χ1v) is 9.57. The number of carboxylic acids is 1. The standard InChI is InChI=1S/C22H23N3O7/c1-13(2)19(22(28)29)24-21(27)18(12-14-4-8-16(9-5-14)25(30)31)23-20(26)15-6-10-17(32-3)11-7-15/h4-13,19H,1-3H3,(H,23,26)(H,24,27)(H,28,29)/b18-12-/t19-/m0/s1. The zero-order valence-corrected chi connectivity index (χ0v) is 17.7. The number of carbonyl (C=O) groups excluding carboxylic acids is 2. The van der Waals surface area contributed by atoms with Gasteiger partial charge in [0.05, 0.1) is 12.0 Å². The van der Waals surface area contributed by atoms with Gasteiger partial charge >= 0.3 is 5.97 Å². The van der Waals surface area contributed by atoms with Gasteiger partial charge in [0, 0.05) is 17.7 Å². The van der Waals surface area contributed by atoms with Gasteiger partial charge in [0.2, 0.25) is 0 Å². The molecule has 0 aliphatic carbocycles. The lowest BCUT2D eigenvalue weighted by molar-refractivity contribution is -0.384. The van der Waals surface area contributed by atoms with Crippen molar-refractivity contribution in [3.05, 3.63) is 75.5 Å². The maximum absolute atomic E-state index is 12.8. The van der Waals surface area contributed by atoms with Gasteiger partial charge in [-0.05, 0) is 54.0 Å². The number of carbonyl (C=O) groups is 3. The third kappa shape index (κ3) is 6.39. The number of nitrogens with zero attached hydrogens (tertiary/aromatic N) is 1. The van der Waals surface area contributed by atoms with Gasteiger partial charge in [0.1, 0.15) is 17.5 Å². The van der Waals surface area contributed by atoms with Crippen LogP contribution in [0.3, 0.4) is 0 Å². The summed E-state index contributed by atoms with van der Waals surface area (Å²) in [5.41, 5.74) is 0.284. The minimum Gasteiger partial charge on any atom is -0.497 e.